The van der Waals surface area contributed by atoms with Gasteiger partial charge in [0.15, 0.2) is 0 Å². The zero-order valence-electron chi connectivity index (χ0n) is 18.8. The smallest absolute Gasteiger partial charge is 0.416 e. The molecule has 1 fully saturated rings. The molecule has 3 aromatic carbocycles. The lowest BCUT2D eigenvalue weighted by atomic mass is 9.95. The molecule has 1 heterocycles. The number of likely N-dealkylation sites (tertiary alicyclic amines) is 1. The van der Waals surface area contributed by atoms with Crippen LogP contribution in [-0.4, -0.2) is 28.3 Å². The molecular weight excluding hydrogens is 459 g/mol. The van der Waals surface area contributed by atoms with Crippen molar-refractivity contribution in [2.75, 3.05) is 6.61 Å². The summed E-state index contributed by atoms with van der Waals surface area (Å²) < 4.78 is 45.1. The molecule has 0 aromatic heterocycles. The van der Waals surface area contributed by atoms with Gasteiger partial charge in [-0.3, -0.25) is 9.59 Å². The first kappa shape index (κ1) is 24.1. The number of ether oxygens (including phenoxy) is 1. The molecule has 180 valence electrons. The van der Waals surface area contributed by atoms with Crippen molar-refractivity contribution in [1.29, 1.82) is 0 Å². The molecule has 8 heteroatoms. The van der Waals surface area contributed by atoms with E-state index in [0.29, 0.717) is 17.9 Å². The number of amides is 1. The summed E-state index contributed by atoms with van der Waals surface area (Å²) in [4.78, 5) is 27.4. The summed E-state index contributed by atoms with van der Waals surface area (Å²) >= 11 is 0. The minimum absolute atomic E-state index is 0.137. The Morgan fingerprint density at radius 2 is 1.69 bits per heavy atom. The van der Waals surface area contributed by atoms with Crippen LogP contribution in [0.25, 0.3) is 5.76 Å². The van der Waals surface area contributed by atoms with Crippen molar-refractivity contribution < 1.29 is 32.6 Å². The van der Waals surface area contributed by atoms with E-state index in [0.717, 1.165) is 12.1 Å². The van der Waals surface area contributed by atoms with E-state index in [1.807, 2.05) is 0 Å². The van der Waals surface area contributed by atoms with Gasteiger partial charge in [0.1, 0.15) is 11.5 Å². The highest BCUT2D eigenvalue weighted by atomic mass is 19.4. The molecule has 0 radical (unpaired) electrons. The number of nitrogens with zero attached hydrogens (tertiary/aromatic N) is 1. The average Bonchev–Trinajstić information content (AvgIpc) is 3.09. The summed E-state index contributed by atoms with van der Waals surface area (Å²) in [7, 11) is 0. The first-order valence-electron chi connectivity index (χ1n) is 10.9. The quantitative estimate of drug-likeness (QED) is 0.278. The van der Waals surface area contributed by atoms with Gasteiger partial charge in [-0.15, -0.1) is 0 Å². The molecule has 5 nitrogen and oxygen atoms in total. The number of halogens is 3. The number of carbonyl (C=O) groups excluding carboxylic acids is 2. The van der Waals surface area contributed by atoms with Crippen molar-refractivity contribution in [3.05, 3.63) is 107 Å². The second-order valence-corrected chi connectivity index (χ2v) is 8.00. The van der Waals surface area contributed by atoms with Crippen LogP contribution in [-0.2, 0) is 22.3 Å². The van der Waals surface area contributed by atoms with E-state index in [2.05, 4.69) is 0 Å². The van der Waals surface area contributed by atoms with Crippen LogP contribution < -0.4 is 4.74 Å². The van der Waals surface area contributed by atoms with Gasteiger partial charge in [-0.2, -0.15) is 13.2 Å². The molecule has 1 unspecified atom stereocenters. The van der Waals surface area contributed by atoms with Crippen molar-refractivity contribution in [2.45, 2.75) is 25.7 Å². The lowest BCUT2D eigenvalue weighted by Crippen LogP contribution is -2.29. The number of rotatable bonds is 6. The summed E-state index contributed by atoms with van der Waals surface area (Å²) in [6.07, 6.45) is -4.55. The highest BCUT2D eigenvalue weighted by Gasteiger charge is 2.46. The standard InChI is InChI=1S/C27H22F3NO4/c1-2-35-21-13-7-11-19(15-21)24(32)22-23(18-9-4-3-5-10-18)31(26(34)25(22)33)16-17-8-6-12-20(14-17)27(28,29)30/h3-15,23,32H,2,16H2,1H3/b24-22+. The fourth-order valence-corrected chi connectivity index (χ4v) is 4.12. The highest BCUT2D eigenvalue weighted by molar-refractivity contribution is 6.46. The number of hydrogen-bond donors (Lipinski definition) is 1. The molecule has 3 aromatic rings. The molecule has 1 saturated heterocycles. The largest absolute Gasteiger partial charge is 0.507 e. The summed E-state index contributed by atoms with van der Waals surface area (Å²) in [5, 5.41) is 11.1. The third-order valence-corrected chi connectivity index (χ3v) is 5.68. The van der Waals surface area contributed by atoms with Crippen molar-refractivity contribution in [2.24, 2.45) is 0 Å². The van der Waals surface area contributed by atoms with Gasteiger partial charge in [-0.1, -0.05) is 54.6 Å². The van der Waals surface area contributed by atoms with Gasteiger partial charge in [0.2, 0.25) is 0 Å². The van der Waals surface area contributed by atoms with Crippen LogP contribution in [0.5, 0.6) is 5.75 Å². The van der Waals surface area contributed by atoms with Crippen LogP contribution in [0.4, 0.5) is 13.2 Å². The molecule has 0 spiro atoms. The topological polar surface area (TPSA) is 66.8 Å². The molecule has 0 saturated carbocycles. The molecule has 0 bridgehead atoms. The number of Topliss-reactive ketones (excluding diaryl/α,β-unsaturated/α-hetero) is 1. The minimum atomic E-state index is -4.55. The van der Waals surface area contributed by atoms with E-state index >= 15 is 0 Å². The maximum absolute atomic E-state index is 13.2. The van der Waals surface area contributed by atoms with E-state index in [1.54, 1.807) is 61.5 Å². The zero-order valence-corrected chi connectivity index (χ0v) is 18.8. The first-order valence-corrected chi connectivity index (χ1v) is 10.9. The van der Waals surface area contributed by atoms with Gasteiger partial charge in [-0.05, 0) is 42.3 Å². The fraction of sp³-hybridized carbons (Fsp3) is 0.185. The van der Waals surface area contributed by atoms with Gasteiger partial charge >= 0.3 is 6.18 Å². The van der Waals surface area contributed by atoms with Crippen LogP contribution in [0.15, 0.2) is 84.4 Å². The van der Waals surface area contributed by atoms with E-state index in [-0.39, 0.29) is 29.0 Å². The number of alkyl halides is 3. The van der Waals surface area contributed by atoms with Gasteiger partial charge in [0.25, 0.3) is 11.7 Å². The van der Waals surface area contributed by atoms with Crippen molar-refractivity contribution >= 4 is 17.4 Å². The Hall–Kier alpha value is -4.07. The highest BCUT2D eigenvalue weighted by Crippen LogP contribution is 2.41. The summed E-state index contributed by atoms with van der Waals surface area (Å²) in [5.74, 6) is -1.72. The molecule has 35 heavy (non-hydrogen) atoms. The summed E-state index contributed by atoms with van der Waals surface area (Å²) in [6, 6.07) is 18.7. The summed E-state index contributed by atoms with van der Waals surface area (Å²) in [5.41, 5.74) is 0.0496. The van der Waals surface area contributed by atoms with Crippen LogP contribution in [0.1, 0.15) is 35.2 Å². The van der Waals surface area contributed by atoms with Crippen LogP contribution in [0, 0.1) is 0 Å². The number of aliphatic hydroxyl groups is 1. The van der Waals surface area contributed by atoms with Crippen LogP contribution in [0.3, 0.4) is 0 Å². The Morgan fingerprint density at radius 1 is 0.971 bits per heavy atom. The van der Waals surface area contributed by atoms with Crippen LogP contribution in [0.2, 0.25) is 0 Å². The third-order valence-electron chi connectivity index (χ3n) is 5.68. The molecule has 1 atom stereocenters. The van der Waals surface area contributed by atoms with Gasteiger partial charge in [0, 0.05) is 12.1 Å². The Balaban J connectivity index is 1.81. The molecule has 0 aliphatic carbocycles. The monoisotopic (exact) mass is 481 g/mol. The van der Waals surface area contributed by atoms with Gasteiger partial charge in [-0.25, -0.2) is 0 Å². The lowest BCUT2D eigenvalue weighted by Gasteiger charge is -2.25. The predicted molar refractivity (Wildman–Crippen MR) is 123 cm³/mol. The Labute approximate surface area is 200 Å². The van der Waals surface area contributed by atoms with Gasteiger partial charge in [0.05, 0.1) is 23.8 Å². The Morgan fingerprint density at radius 3 is 2.37 bits per heavy atom. The zero-order chi connectivity index (χ0) is 25.2. The SMILES string of the molecule is CCOc1cccc(/C(O)=C2\C(=O)C(=O)N(Cc3cccc(C(F)(F)F)c3)C2c2ccccc2)c1. The van der Waals surface area contributed by atoms with Gasteiger partial charge < -0.3 is 14.7 Å². The van der Waals surface area contributed by atoms with Crippen molar-refractivity contribution in [1.82, 2.24) is 4.90 Å². The first-order chi connectivity index (χ1) is 16.7. The normalized spacial score (nSPS) is 17.6. The molecule has 1 N–H and O–H groups in total. The third kappa shape index (κ3) is 4.91. The minimum Gasteiger partial charge on any atom is -0.507 e. The second-order valence-electron chi connectivity index (χ2n) is 8.00. The molecule has 1 amide bonds. The molecule has 4 rings (SSSR count). The number of aliphatic hydroxyl groups excluding tert-OH is 1. The number of carbonyl (C=O) groups is 2. The Kier molecular flexibility index (Phi) is 6.64. The summed E-state index contributed by atoms with van der Waals surface area (Å²) in [6.45, 7) is 1.96. The average molecular weight is 481 g/mol. The van der Waals surface area contributed by atoms with E-state index in [1.165, 1.54) is 17.0 Å². The number of benzene rings is 3. The van der Waals surface area contributed by atoms with E-state index in [4.69, 9.17) is 4.74 Å². The second kappa shape index (κ2) is 9.66. The predicted octanol–water partition coefficient (Wildman–Crippen LogP) is 5.73. The lowest BCUT2D eigenvalue weighted by molar-refractivity contribution is -0.140. The Bertz CT molecular complexity index is 1280. The number of ketones is 1. The molecule has 1 aliphatic rings. The maximum atomic E-state index is 13.2. The number of hydrogen-bond acceptors (Lipinski definition) is 4. The van der Waals surface area contributed by atoms with Crippen molar-refractivity contribution in [3.8, 4) is 5.75 Å². The van der Waals surface area contributed by atoms with E-state index in [9.17, 15) is 27.9 Å². The molecule has 1 aliphatic heterocycles. The van der Waals surface area contributed by atoms with E-state index < -0.39 is 29.5 Å². The van der Waals surface area contributed by atoms with Crippen molar-refractivity contribution in [3.63, 3.8) is 0 Å². The van der Waals surface area contributed by atoms with Crippen LogP contribution >= 0.6 is 0 Å². The fourth-order valence-electron chi connectivity index (χ4n) is 4.12. The maximum Gasteiger partial charge on any atom is 0.416 e. The molecular formula is C27H22F3NO4.